The van der Waals surface area contributed by atoms with E-state index in [-0.39, 0.29) is 30.2 Å². The van der Waals surface area contributed by atoms with E-state index in [2.05, 4.69) is 16.5 Å². The molecule has 2 heterocycles. The summed E-state index contributed by atoms with van der Waals surface area (Å²) in [6.45, 7) is 1.97. The normalized spacial score (nSPS) is 21.1. The third-order valence-corrected chi connectivity index (χ3v) is 8.22. The van der Waals surface area contributed by atoms with Gasteiger partial charge in [0.2, 0.25) is 5.91 Å². The summed E-state index contributed by atoms with van der Waals surface area (Å²) in [5.41, 5.74) is 3.43. The topological polar surface area (TPSA) is 87.5 Å². The summed E-state index contributed by atoms with van der Waals surface area (Å²) in [6, 6.07) is 11.4. The lowest BCUT2D eigenvalue weighted by atomic mass is 9.90. The van der Waals surface area contributed by atoms with Crippen LogP contribution in [0.4, 0.5) is 9.18 Å². The van der Waals surface area contributed by atoms with E-state index in [0.717, 1.165) is 45.6 Å². The molecular weight excluding hydrogens is 485 g/mol. The van der Waals surface area contributed by atoms with Gasteiger partial charge in [-0.3, -0.25) is 19.2 Å². The fraction of sp³-hybridized carbons (Fsp3) is 0.379. The number of hydrogen-bond acceptors (Lipinski definition) is 4. The number of nitrogens with zero attached hydrogens (tertiary/aromatic N) is 4. The van der Waals surface area contributed by atoms with Crippen LogP contribution in [-0.4, -0.2) is 50.0 Å². The molecule has 0 bridgehead atoms. The maximum absolute atomic E-state index is 13.7. The van der Waals surface area contributed by atoms with E-state index in [1.165, 1.54) is 12.1 Å². The van der Waals surface area contributed by atoms with E-state index < -0.39 is 11.6 Å². The molecule has 196 valence electrons. The fourth-order valence-electron chi connectivity index (χ4n) is 5.85. The van der Waals surface area contributed by atoms with Gasteiger partial charge in [-0.2, -0.15) is 5.10 Å². The minimum Gasteiger partial charge on any atom is -0.334 e. The average molecular weight is 516 g/mol. The third-order valence-electron chi connectivity index (χ3n) is 8.22. The van der Waals surface area contributed by atoms with Crippen LogP contribution in [0.5, 0.6) is 0 Å². The minimum atomic E-state index is -1.15. The van der Waals surface area contributed by atoms with Crippen molar-refractivity contribution in [2.75, 3.05) is 6.54 Å². The van der Waals surface area contributed by atoms with Gasteiger partial charge in [0, 0.05) is 31.4 Å². The highest BCUT2D eigenvalue weighted by molar-refractivity contribution is 6.10. The van der Waals surface area contributed by atoms with Crippen molar-refractivity contribution >= 4 is 17.8 Å². The van der Waals surface area contributed by atoms with Crippen molar-refractivity contribution in [2.24, 2.45) is 13.0 Å². The Morgan fingerprint density at radius 1 is 1.18 bits per heavy atom. The molecule has 8 nitrogen and oxygen atoms in total. The maximum atomic E-state index is 13.7. The zero-order chi connectivity index (χ0) is 26.6. The molecule has 2 atom stereocenters. The van der Waals surface area contributed by atoms with E-state index >= 15 is 0 Å². The van der Waals surface area contributed by atoms with Crippen LogP contribution in [0.1, 0.15) is 42.9 Å². The van der Waals surface area contributed by atoms with E-state index in [9.17, 15) is 18.8 Å². The van der Waals surface area contributed by atoms with Gasteiger partial charge in [-0.1, -0.05) is 30.3 Å². The van der Waals surface area contributed by atoms with Gasteiger partial charge in [0.1, 0.15) is 17.9 Å². The van der Waals surface area contributed by atoms with Gasteiger partial charge in [0.05, 0.1) is 6.20 Å². The van der Waals surface area contributed by atoms with Crippen molar-refractivity contribution in [3.63, 3.8) is 0 Å². The molecule has 0 radical (unpaired) electrons. The van der Waals surface area contributed by atoms with Crippen molar-refractivity contribution in [3.8, 4) is 11.1 Å². The molecular formula is C29H30FN5O3. The molecule has 1 aromatic heterocycles. The highest BCUT2D eigenvalue weighted by atomic mass is 19.1. The fourth-order valence-corrected chi connectivity index (χ4v) is 5.85. The summed E-state index contributed by atoms with van der Waals surface area (Å²) in [6.07, 6.45) is 6.90. The van der Waals surface area contributed by atoms with Crippen LogP contribution in [0, 0.1) is 11.7 Å². The van der Waals surface area contributed by atoms with Gasteiger partial charge >= 0.3 is 6.03 Å². The lowest BCUT2D eigenvalue weighted by Crippen LogP contribution is -2.47. The number of hydrogen-bond donors (Lipinski definition) is 1. The molecule has 1 spiro atoms. The molecule has 2 aliphatic carbocycles. The molecule has 1 aliphatic heterocycles. The Morgan fingerprint density at radius 3 is 2.63 bits per heavy atom. The predicted molar refractivity (Wildman–Crippen MR) is 138 cm³/mol. The number of carbonyl (C=O) groups excluding carboxylic acids is 3. The van der Waals surface area contributed by atoms with Gasteiger partial charge in [0.25, 0.3) is 5.91 Å². The number of aromatic nitrogens is 2. The number of rotatable bonds is 7. The Morgan fingerprint density at radius 2 is 1.95 bits per heavy atom. The third kappa shape index (κ3) is 4.15. The van der Waals surface area contributed by atoms with Crippen LogP contribution in [-0.2, 0) is 35.1 Å². The second-order valence-electron chi connectivity index (χ2n) is 10.7. The number of imide groups is 1. The minimum absolute atomic E-state index is 0.0413. The molecule has 1 saturated carbocycles. The average Bonchev–Trinajstić information content (AvgIpc) is 3.51. The highest BCUT2D eigenvalue weighted by Crippen LogP contribution is 2.43. The molecule has 6 rings (SSSR count). The van der Waals surface area contributed by atoms with E-state index in [4.69, 9.17) is 0 Å². The lowest BCUT2D eigenvalue weighted by Gasteiger charge is -2.31. The summed E-state index contributed by atoms with van der Waals surface area (Å²) in [4.78, 5) is 43.2. The summed E-state index contributed by atoms with van der Waals surface area (Å²) < 4.78 is 15.2. The Balaban J connectivity index is 1.23. The van der Waals surface area contributed by atoms with Crippen LogP contribution in [0.2, 0.25) is 0 Å². The number of halogens is 1. The van der Waals surface area contributed by atoms with E-state index in [0.29, 0.717) is 25.3 Å². The molecule has 9 heteroatoms. The zero-order valence-corrected chi connectivity index (χ0v) is 21.5. The number of urea groups is 1. The SMILES string of the molecule is C[C@@H](C1CC1)N(Cc1ccc(F)cc1)C(=O)CN1C(=O)N[C@]2(CCc3cc(-c4cnn(C)c4)ccc32)C1=O. The molecule has 4 amide bonds. The Kier molecular flexibility index (Phi) is 5.81. The first-order chi connectivity index (χ1) is 18.2. The van der Waals surface area contributed by atoms with Crippen molar-refractivity contribution in [1.29, 1.82) is 0 Å². The highest BCUT2D eigenvalue weighted by Gasteiger charge is 2.56. The molecule has 1 saturated heterocycles. The van der Waals surface area contributed by atoms with Crippen molar-refractivity contribution in [1.82, 2.24) is 24.9 Å². The number of nitrogens with one attached hydrogen (secondary N) is 1. The Labute approximate surface area is 220 Å². The van der Waals surface area contributed by atoms with E-state index in [1.807, 2.05) is 32.3 Å². The Bertz CT molecular complexity index is 1430. The number of aryl methyl sites for hydroxylation is 2. The number of benzene rings is 2. The largest absolute Gasteiger partial charge is 0.334 e. The molecule has 1 N–H and O–H groups in total. The summed E-state index contributed by atoms with van der Waals surface area (Å²) in [7, 11) is 1.86. The van der Waals surface area contributed by atoms with Gasteiger partial charge < -0.3 is 10.2 Å². The molecule has 2 aromatic carbocycles. The van der Waals surface area contributed by atoms with Gasteiger partial charge in [0.15, 0.2) is 0 Å². The van der Waals surface area contributed by atoms with Crippen molar-refractivity contribution in [3.05, 3.63) is 77.4 Å². The summed E-state index contributed by atoms with van der Waals surface area (Å²) >= 11 is 0. The number of carbonyl (C=O) groups is 3. The molecule has 0 unspecified atom stereocenters. The molecule has 38 heavy (non-hydrogen) atoms. The van der Waals surface area contributed by atoms with Crippen LogP contribution in [0.15, 0.2) is 54.9 Å². The summed E-state index contributed by atoms with van der Waals surface area (Å²) in [5.74, 6) is -0.621. The smallest absolute Gasteiger partial charge is 0.325 e. The van der Waals surface area contributed by atoms with Crippen LogP contribution in [0.25, 0.3) is 11.1 Å². The van der Waals surface area contributed by atoms with Gasteiger partial charge in [-0.05, 0) is 72.9 Å². The maximum Gasteiger partial charge on any atom is 0.325 e. The van der Waals surface area contributed by atoms with Crippen LogP contribution < -0.4 is 5.32 Å². The number of amides is 4. The second kappa shape index (κ2) is 9.08. The predicted octanol–water partition coefficient (Wildman–Crippen LogP) is 3.75. The van der Waals surface area contributed by atoms with Gasteiger partial charge in [-0.25, -0.2) is 9.18 Å². The molecule has 3 aromatic rings. The first-order valence-corrected chi connectivity index (χ1v) is 13.1. The molecule has 3 aliphatic rings. The zero-order valence-electron chi connectivity index (χ0n) is 21.5. The first-order valence-electron chi connectivity index (χ1n) is 13.1. The first kappa shape index (κ1) is 24.3. The van der Waals surface area contributed by atoms with Gasteiger partial charge in [-0.15, -0.1) is 0 Å². The number of fused-ring (bicyclic) bond motifs is 2. The quantitative estimate of drug-likeness (QED) is 0.486. The standard InChI is InChI=1S/C29H30FN5O3/c1-18(20-5-6-20)34(15-19-3-8-24(30)9-4-19)26(36)17-35-27(37)29(32-28(35)38)12-11-22-13-21(7-10-25(22)29)23-14-31-33(2)16-23/h3-4,7-10,13-14,16,18,20H,5-6,11-12,15,17H2,1-2H3,(H,32,38)/t18-,29-/m0/s1. The lowest BCUT2D eigenvalue weighted by molar-refractivity contribution is -0.141. The van der Waals surface area contributed by atoms with Crippen LogP contribution in [0.3, 0.4) is 0 Å². The van der Waals surface area contributed by atoms with Crippen molar-refractivity contribution in [2.45, 2.75) is 50.7 Å². The second-order valence-corrected chi connectivity index (χ2v) is 10.7. The van der Waals surface area contributed by atoms with E-state index in [1.54, 1.807) is 27.9 Å². The monoisotopic (exact) mass is 515 g/mol. The van der Waals surface area contributed by atoms with Crippen LogP contribution >= 0.6 is 0 Å². The summed E-state index contributed by atoms with van der Waals surface area (Å²) in [5, 5.41) is 7.16. The molecule has 2 fully saturated rings. The van der Waals surface area contributed by atoms with Crippen molar-refractivity contribution < 1.29 is 18.8 Å². The Hall–Kier alpha value is -4.01.